The van der Waals surface area contributed by atoms with E-state index < -0.39 is 10.0 Å². The molecule has 2 bridgehead atoms. The summed E-state index contributed by atoms with van der Waals surface area (Å²) in [7, 11) is -3.22. The summed E-state index contributed by atoms with van der Waals surface area (Å²) >= 11 is 0. The molecule has 0 radical (unpaired) electrons. The zero-order chi connectivity index (χ0) is 9.22. The second-order valence-electron chi connectivity index (χ2n) is 4.98. The summed E-state index contributed by atoms with van der Waals surface area (Å²) in [6.45, 7) is 0. The van der Waals surface area contributed by atoms with Gasteiger partial charge < -0.3 is 0 Å². The molecule has 0 aromatic rings. The number of nitrogens with two attached hydrogens (primary N) is 1. The van der Waals surface area contributed by atoms with E-state index in [0.717, 1.165) is 23.7 Å². The fourth-order valence-electron chi connectivity index (χ4n) is 4.00. The van der Waals surface area contributed by atoms with Gasteiger partial charge in [0.2, 0.25) is 10.0 Å². The Balaban J connectivity index is 1.73. The van der Waals surface area contributed by atoms with Gasteiger partial charge in [0.1, 0.15) is 0 Å². The molecule has 4 heteroatoms. The molecule has 3 saturated carbocycles. The molecular formula is C9H15NO2S. The molecule has 74 valence electrons. The fraction of sp³-hybridized carbons (Fsp3) is 1.00. The third-order valence-electron chi connectivity index (χ3n) is 4.32. The first-order valence-corrected chi connectivity index (χ1v) is 6.78. The van der Waals surface area contributed by atoms with Crippen molar-refractivity contribution in [1.82, 2.24) is 0 Å². The van der Waals surface area contributed by atoms with Gasteiger partial charge in [-0.2, -0.15) is 0 Å². The molecule has 0 saturated heterocycles. The average Bonchev–Trinajstić information content (AvgIpc) is 2.41. The highest BCUT2D eigenvalue weighted by Crippen LogP contribution is 2.69. The van der Waals surface area contributed by atoms with E-state index in [4.69, 9.17) is 5.14 Å². The van der Waals surface area contributed by atoms with Crippen LogP contribution < -0.4 is 5.14 Å². The van der Waals surface area contributed by atoms with Gasteiger partial charge in [0.15, 0.2) is 0 Å². The van der Waals surface area contributed by atoms with Crippen molar-refractivity contribution in [2.45, 2.75) is 19.3 Å². The predicted molar refractivity (Wildman–Crippen MR) is 49.3 cm³/mol. The van der Waals surface area contributed by atoms with E-state index >= 15 is 0 Å². The van der Waals surface area contributed by atoms with Crippen LogP contribution in [0.1, 0.15) is 19.3 Å². The summed E-state index contributed by atoms with van der Waals surface area (Å²) in [4.78, 5) is 0. The van der Waals surface area contributed by atoms with Crippen molar-refractivity contribution in [3.63, 3.8) is 0 Å². The van der Waals surface area contributed by atoms with Gasteiger partial charge in [0.25, 0.3) is 0 Å². The predicted octanol–water partition coefficient (Wildman–Crippen LogP) is 0.567. The van der Waals surface area contributed by atoms with Gasteiger partial charge in [0.05, 0.1) is 5.75 Å². The monoisotopic (exact) mass is 201 g/mol. The highest BCUT2D eigenvalue weighted by molar-refractivity contribution is 7.89. The van der Waals surface area contributed by atoms with Crippen LogP contribution in [0.3, 0.4) is 0 Å². The third kappa shape index (κ3) is 1.15. The van der Waals surface area contributed by atoms with Crippen LogP contribution in [-0.2, 0) is 10.0 Å². The first-order chi connectivity index (χ1) is 6.06. The fourth-order valence-corrected chi connectivity index (χ4v) is 4.98. The van der Waals surface area contributed by atoms with Gasteiger partial charge in [-0.15, -0.1) is 0 Å². The lowest BCUT2D eigenvalue weighted by Crippen LogP contribution is -2.20. The Labute approximate surface area is 78.7 Å². The van der Waals surface area contributed by atoms with Crippen LogP contribution in [0.5, 0.6) is 0 Å². The summed E-state index contributed by atoms with van der Waals surface area (Å²) in [5.41, 5.74) is 0. The Bertz CT molecular complexity index is 322. The zero-order valence-electron chi connectivity index (χ0n) is 7.52. The molecule has 4 unspecified atom stereocenters. The summed E-state index contributed by atoms with van der Waals surface area (Å²) in [5, 5.41) is 5.06. The molecule has 3 fully saturated rings. The second-order valence-corrected chi connectivity index (χ2v) is 6.64. The maximum atomic E-state index is 10.9. The lowest BCUT2D eigenvalue weighted by atomic mass is 10.0. The van der Waals surface area contributed by atoms with Gasteiger partial charge in [0, 0.05) is 0 Å². The number of sulfonamides is 1. The largest absolute Gasteiger partial charge is 0.229 e. The van der Waals surface area contributed by atoms with Gasteiger partial charge in [-0.05, 0) is 48.9 Å². The minimum absolute atomic E-state index is 0.245. The SMILES string of the molecule is NS(=O)(=O)CC1C2C3CCC(C3)C12. The van der Waals surface area contributed by atoms with E-state index in [-0.39, 0.29) is 5.75 Å². The third-order valence-corrected chi connectivity index (χ3v) is 5.17. The summed E-state index contributed by atoms with van der Waals surface area (Å²) < 4.78 is 21.8. The van der Waals surface area contributed by atoms with E-state index in [9.17, 15) is 8.42 Å². The Hall–Kier alpha value is -0.0900. The van der Waals surface area contributed by atoms with Crippen molar-refractivity contribution < 1.29 is 8.42 Å². The van der Waals surface area contributed by atoms with Crippen LogP contribution in [0, 0.1) is 29.6 Å². The molecule has 0 amide bonds. The number of hydrogen-bond donors (Lipinski definition) is 1. The number of fused-ring (bicyclic) bond motifs is 5. The highest BCUT2D eigenvalue weighted by atomic mass is 32.2. The first kappa shape index (κ1) is 8.24. The standard InChI is InChI=1S/C9H15NO2S/c10-13(11,12)4-7-8-5-1-2-6(3-5)9(7)8/h5-9H,1-4H2,(H2,10,11,12). The van der Waals surface area contributed by atoms with E-state index in [0.29, 0.717) is 5.92 Å². The van der Waals surface area contributed by atoms with Crippen molar-refractivity contribution in [2.24, 2.45) is 34.7 Å². The smallest absolute Gasteiger partial charge is 0.209 e. The quantitative estimate of drug-likeness (QED) is 0.710. The van der Waals surface area contributed by atoms with Crippen molar-refractivity contribution in [2.75, 3.05) is 5.75 Å². The highest BCUT2D eigenvalue weighted by Gasteiger charge is 2.65. The van der Waals surface area contributed by atoms with E-state index in [1.54, 1.807) is 0 Å². The molecule has 4 atom stereocenters. The Morgan fingerprint density at radius 3 is 2.15 bits per heavy atom. The van der Waals surface area contributed by atoms with E-state index in [1.165, 1.54) is 19.3 Å². The molecule has 2 N–H and O–H groups in total. The molecule has 0 aromatic carbocycles. The van der Waals surface area contributed by atoms with Crippen molar-refractivity contribution in [3.8, 4) is 0 Å². The van der Waals surface area contributed by atoms with E-state index in [1.807, 2.05) is 0 Å². The average molecular weight is 201 g/mol. The maximum absolute atomic E-state index is 10.9. The number of hydrogen-bond acceptors (Lipinski definition) is 2. The molecular weight excluding hydrogens is 186 g/mol. The molecule has 3 aliphatic rings. The Morgan fingerprint density at radius 2 is 1.69 bits per heavy atom. The molecule has 3 nitrogen and oxygen atoms in total. The van der Waals surface area contributed by atoms with Crippen LogP contribution in [-0.4, -0.2) is 14.2 Å². The Morgan fingerprint density at radius 1 is 1.15 bits per heavy atom. The maximum Gasteiger partial charge on any atom is 0.209 e. The van der Waals surface area contributed by atoms with Crippen LogP contribution >= 0.6 is 0 Å². The van der Waals surface area contributed by atoms with Crippen molar-refractivity contribution >= 4 is 10.0 Å². The van der Waals surface area contributed by atoms with Crippen LogP contribution in [0.2, 0.25) is 0 Å². The minimum Gasteiger partial charge on any atom is -0.229 e. The van der Waals surface area contributed by atoms with Gasteiger partial charge >= 0.3 is 0 Å². The molecule has 13 heavy (non-hydrogen) atoms. The van der Waals surface area contributed by atoms with Crippen molar-refractivity contribution in [3.05, 3.63) is 0 Å². The van der Waals surface area contributed by atoms with E-state index in [2.05, 4.69) is 0 Å². The van der Waals surface area contributed by atoms with Crippen LogP contribution in [0.25, 0.3) is 0 Å². The normalized spacial score (nSPS) is 52.2. The van der Waals surface area contributed by atoms with Crippen molar-refractivity contribution in [1.29, 1.82) is 0 Å². The Kier molecular flexibility index (Phi) is 1.45. The second kappa shape index (κ2) is 2.28. The number of primary sulfonamides is 1. The molecule has 0 heterocycles. The van der Waals surface area contributed by atoms with Crippen LogP contribution in [0.4, 0.5) is 0 Å². The lowest BCUT2D eigenvalue weighted by molar-refractivity contribution is 0.456. The first-order valence-electron chi connectivity index (χ1n) is 5.07. The van der Waals surface area contributed by atoms with Gasteiger partial charge in [-0.25, -0.2) is 13.6 Å². The molecule has 0 spiro atoms. The summed E-state index contributed by atoms with van der Waals surface area (Å²) in [5.74, 6) is 3.84. The zero-order valence-corrected chi connectivity index (χ0v) is 8.33. The molecule has 0 aromatic heterocycles. The molecule has 0 aliphatic heterocycles. The lowest BCUT2D eigenvalue weighted by Gasteiger charge is -2.06. The van der Waals surface area contributed by atoms with Gasteiger partial charge in [-0.3, -0.25) is 0 Å². The molecule has 3 rings (SSSR count). The topological polar surface area (TPSA) is 60.2 Å². The minimum atomic E-state index is -3.22. The summed E-state index contributed by atoms with van der Waals surface area (Å²) in [6, 6.07) is 0. The number of rotatable bonds is 2. The molecule has 3 aliphatic carbocycles. The summed E-state index contributed by atoms with van der Waals surface area (Å²) in [6.07, 6.45) is 4.05. The van der Waals surface area contributed by atoms with Crippen LogP contribution in [0.15, 0.2) is 0 Å². The van der Waals surface area contributed by atoms with Gasteiger partial charge in [-0.1, -0.05) is 0 Å².